The number of carbonyl (C=O) groups excluding carboxylic acids is 2. The number of anilines is 2. The number of nitrogens with zero attached hydrogens (tertiary/aromatic N) is 2. The molecule has 1 unspecified atom stereocenters. The van der Waals surface area contributed by atoms with E-state index < -0.39 is 66.1 Å². The van der Waals surface area contributed by atoms with E-state index in [4.69, 9.17) is 11.6 Å². The van der Waals surface area contributed by atoms with Crippen LogP contribution in [0.2, 0.25) is 5.02 Å². The molecule has 0 spiro atoms. The Hall–Kier alpha value is -3.20. The predicted molar refractivity (Wildman–Crippen MR) is 132 cm³/mol. The third-order valence-corrected chi connectivity index (χ3v) is 6.55. The Balaban J connectivity index is 1.73. The normalized spacial score (nSPS) is 17.3. The highest BCUT2D eigenvalue weighted by Gasteiger charge is 2.45. The van der Waals surface area contributed by atoms with E-state index in [2.05, 4.69) is 5.32 Å². The van der Waals surface area contributed by atoms with E-state index in [9.17, 15) is 49.1 Å². The smallest absolute Gasteiger partial charge is 0.365 e. The van der Waals surface area contributed by atoms with Gasteiger partial charge in [0, 0.05) is 49.4 Å². The maximum absolute atomic E-state index is 14.7. The Labute approximate surface area is 233 Å². The van der Waals surface area contributed by atoms with E-state index in [0.29, 0.717) is 5.69 Å². The molecule has 6 nitrogen and oxygen atoms in total. The van der Waals surface area contributed by atoms with Crippen LogP contribution in [0.25, 0.3) is 0 Å². The Morgan fingerprint density at radius 2 is 1.73 bits per heavy atom. The van der Waals surface area contributed by atoms with E-state index in [1.54, 1.807) is 16.7 Å². The zero-order chi connectivity index (χ0) is 30.7. The standard InChI is InChI=1S/C25H24ClF9N4O2/c1-13-12-38(7-6-24(30,31)32)8-9-39(13)18-10-15(26)3-5-17(18)37-22(40)16-4-2-14(19(27)20(16)28)11-36-23(41)21(29)25(33,34)35/h2-5,10,13,21H,6-9,11-12H2,1H3,(H,36,41)(H,37,40)/t13-,21?/m1/s1. The van der Waals surface area contributed by atoms with E-state index in [-0.39, 0.29) is 42.9 Å². The fourth-order valence-corrected chi connectivity index (χ4v) is 4.40. The molecule has 2 aromatic rings. The fraction of sp³-hybridized carbons (Fsp3) is 0.440. The van der Waals surface area contributed by atoms with Crippen LogP contribution in [0, 0.1) is 11.6 Å². The summed E-state index contributed by atoms with van der Waals surface area (Å²) in [7, 11) is 0. The van der Waals surface area contributed by atoms with Crippen molar-refractivity contribution < 1.29 is 49.1 Å². The van der Waals surface area contributed by atoms with Gasteiger partial charge < -0.3 is 15.5 Å². The lowest BCUT2D eigenvalue weighted by molar-refractivity contribution is -0.186. The third kappa shape index (κ3) is 8.41. The van der Waals surface area contributed by atoms with Gasteiger partial charge in [-0.1, -0.05) is 17.7 Å². The first-order valence-electron chi connectivity index (χ1n) is 12.1. The molecule has 0 bridgehead atoms. The summed E-state index contributed by atoms with van der Waals surface area (Å²) in [6.45, 7) is 1.44. The van der Waals surface area contributed by atoms with Crippen LogP contribution in [-0.2, 0) is 11.3 Å². The number of carbonyl (C=O) groups is 2. The number of alkyl halides is 7. The maximum Gasteiger partial charge on any atom is 0.428 e. The van der Waals surface area contributed by atoms with Crippen molar-refractivity contribution in [3.05, 3.63) is 58.1 Å². The minimum absolute atomic E-state index is 0.146. The third-order valence-electron chi connectivity index (χ3n) is 6.32. The summed E-state index contributed by atoms with van der Waals surface area (Å²) in [6.07, 6.45) is -14.6. The number of rotatable bonds is 8. The SMILES string of the molecule is C[C@@H]1CN(CCC(F)(F)F)CCN1c1cc(Cl)ccc1NC(=O)c1ccc(CNC(=O)C(F)C(F)(F)F)c(F)c1F. The molecule has 0 saturated carbocycles. The van der Waals surface area contributed by atoms with Crippen LogP contribution in [-0.4, -0.2) is 67.5 Å². The van der Waals surface area contributed by atoms with Crippen LogP contribution in [0.5, 0.6) is 0 Å². The molecule has 3 rings (SSSR count). The maximum atomic E-state index is 14.7. The molecule has 2 N–H and O–H groups in total. The summed E-state index contributed by atoms with van der Waals surface area (Å²) in [5.74, 6) is -6.49. The van der Waals surface area contributed by atoms with Crippen LogP contribution in [0.3, 0.4) is 0 Å². The second-order valence-electron chi connectivity index (χ2n) is 9.35. The van der Waals surface area contributed by atoms with Gasteiger partial charge in [-0.3, -0.25) is 14.5 Å². The largest absolute Gasteiger partial charge is 0.428 e. The number of hydrogen-bond acceptors (Lipinski definition) is 4. The molecule has 0 aromatic heterocycles. The van der Waals surface area contributed by atoms with Crippen molar-refractivity contribution in [2.75, 3.05) is 36.4 Å². The molecule has 1 fully saturated rings. The van der Waals surface area contributed by atoms with Crippen molar-refractivity contribution >= 4 is 34.8 Å². The fourth-order valence-electron chi connectivity index (χ4n) is 4.24. The molecule has 2 aromatic carbocycles. The second kappa shape index (κ2) is 12.8. The minimum atomic E-state index is -5.48. The van der Waals surface area contributed by atoms with E-state index in [0.717, 1.165) is 12.1 Å². The first-order valence-corrected chi connectivity index (χ1v) is 12.5. The molecule has 0 aliphatic carbocycles. The topological polar surface area (TPSA) is 64.7 Å². The number of piperazine rings is 1. The van der Waals surface area contributed by atoms with E-state index in [1.165, 1.54) is 23.5 Å². The number of halogens is 10. The lowest BCUT2D eigenvalue weighted by atomic mass is 10.1. The lowest BCUT2D eigenvalue weighted by Gasteiger charge is -2.42. The number of benzene rings is 2. The van der Waals surface area contributed by atoms with Gasteiger partial charge in [-0.2, -0.15) is 26.3 Å². The van der Waals surface area contributed by atoms with Gasteiger partial charge in [0.1, 0.15) is 0 Å². The van der Waals surface area contributed by atoms with Gasteiger partial charge in [0.05, 0.1) is 23.4 Å². The van der Waals surface area contributed by atoms with E-state index in [1.807, 2.05) is 0 Å². The average Bonchev–Trinajstić information content (AvgIpc) is 2.87. The van der Waals surface area contributed by atoms with Crippen LogP contribution in [0.4, 0.5) is 50.9 Å². The van der Waals surface area contributed by atoms with Crippen LogP contribution >= 0.6 is 11.6 Å². The van der Waals surface area contributed by atoms with Crippen molar-refractivity contribution in [1.82, 2.24) is 10.2 Å². The van der Waals surface area contributed by atoms with Crippen molar-refractivity contribution in [2.45, 2.75) is 44.5 Å². The van der Waals surface area contributed by atoms with Gasteiger partial charge in [-0.25, -0.2) is 13.2 Å². The zero-order valence-corrected chi connectivity index (χ0v) is 22.0. The number of nitrogens with one attached hydrogen (secondary N) is 2. The van der Waals surface area contributed by atoms with Gasteiger partial charge in [-0.05, 0) is 31.2 Å². The zero-order valence-electron chi connectivity index (χ0n) is 21.3. The second-order valence-corrected chi connectivity index (χ2v) is 9.78. The first-order chi connectivity index (χ1) is 19.0. The van der Waals surface area contributed by atoms with Gasteiger partial charge in [0.15, 0.2) is 11.6 Å². The molecule has 1 aliphatic rings. The highest BCUT2D eigenvalue weighted by Crippen LogP contribution is 2.33. The summed E-state index contributed by atoms with van der Waals surface area (Å²) in [6, 6.07) is 5.71. The average molecular weight is 619 g/mol. The highest BCUT2D eigenvalue weighted by atomic mass is 35.5. The van der Waals surface area contributed by atoms with Crippen molar-refractivity contribution in [3.8, 4) is 0 Å². The number of amides is 2. The van der Waals surface area contributed by atoms with E-state index >= 15 is 0 Å². The Bertz CT molecular complexity index is 1270. The highest BCUT2D eigenvalue weighted by molar-refractivity contribution is 6.31. The molecule has 41 heavy (non-hydrogen) atoms. The molecule has 2 atom stereocenters. The first kappa shape index (κ1) is 32.3. The quantitative estimate of drug-likeness (QED) is 0.365. The molecule has 226 valence electrons. The molecular formula is C25H24ClF9N4O2. The van der Waals surface area contributed by atoms with Gasteiger partial charge in [0.25, 0.3) is 18.0 Å². The van der Waals surface area contributed by atoms with Crippen molar-refractivity contribution in [3.63, 3.8) is 0 Å². The molecule has 1 aliphatic heterocycles. The van der Waals surface area contributed by atoms with Gasteiger partial charge in [-0.15, -0.1) is 0 Å². The van der Waals surface area contributed by atoms with Crippen LogP contribution in [0.15, 0.2) is 30.3 Å². The van der Waals surface area contributed by atoms with Crippen LogP contribution in [0.1, 0.15) is 29.3 Å². The summed E-state index contributed by atoms with van der Waals surface area (Å²) in [5.41, 5.74) is -0.875. The summed E-state index contributed by atoms with van der Waals surface area (Å²) < 4.78 is 117. The Kier molecular flexibility index (Phi) is 10.1. The molecule has 0 radical (unpaired) electrons. The van der Waals surface area contributed by atoms with Gasteiger partial charge >= 0.3 is 12.4 Å². The molecular weight excluding hydrogens is 595 g/mol. The molecule has 2 amide bonds. The summed E-state index contributed by atoms with van der Waals surface area (Å²) in [5, 5.41) is 4.23. The predicted octanol–water partition coefficient (Wildman–Crippen LogP) is 5.85. The van der Waals surface area contributed by atoms with Gasteiger partial charge in [0.2, 0.25) is 0 Å². The monoisotopic (exact) mass is 618 g/mol. The Morgan fingerprint density at radius 1 is 1.05 bits per heavy atom. The Morgan fingerprint density at radius 3 is 2.34 bits per heavy atom. The molecule has 1 saturated heterocycles. The number of hydrogen-bond donors (Lipinski definition) is 2. The summed E-state index contributed by atoms with van der Waals surface area (Å²) >= 11 is 6.13. The molecule has 1 heterocycles. The van der Waals surface area contributed by atoms with Crippen LogP contribution < -0.4 is 15.5 Å². The summed E-state index contributed by atoms with van der Waals surface area (Å²) in [4.78, 5) is 27.6. The minimum Gasteiger partial charge on any atom is -0.365 e. The lowest BCUT2D eigenvalue weighted by Crippen LogP contribution is -2.52. The van der Waals surface area contributed by atoms with Crippen molar-refractivity contribution in [2.24, 2.45) is 0 Å². The van der Waals surface area contributed by atoms with Crippen molar-refractivity contribution in [1.29, 1.82) is 0 Å². The molecule has 16 heteroatoms.